The Morgan fingerprint density at radius 2 is 1.67 bits per heavy atom. The van der Waals surface area contributed by atoms with Gasteiger partial charge in [0, 0.05) is 12.2 Å². The van der Waals surface area contributed by atoms with Gasteiger partial charge in [-0.15, -0.1) is 0 Å². The van der Waals surface area contributed by atoms with Gasteiger partial charge >= 0.3 is 0 Å². The molecule has 2 amide bonds. The summed E-state index contributed by atoms with van der Waals surface area (Å²) in [6, 6.07) is 29.7. The van der Waals surface area contributed by atoms with E-state index in [0.717, 1.165) is 11.1 Å². The van der Waals surface area contributed by atoms with E-state index in [9.17, 15) is 18.0 Å². The average Bonchev–Trinajstić information content (AvgIpc) is 3.00. The van der Waals surface area contributed by atoms with Crippen LogP contribution >= 0.6 is 0 Å². The molecule has 1 aliphatic rings. The van der Waals surface area contributed by atoms with E-state index in [0.29, 0.717) is 35.8 Å². The molecular formula is C32H31N3O6S. The van der Waals surface area contributed by atoms with Gasteiger partial charge in [-0.1, -0.05) is 54.6 Å². The monoisotopic (exact) mass is 585 g/mol. The Kier molecular flexibility index (Phi) is 8.73. The molecule has 1 aliphatic heterocycles. The summed E-state index contributed by atoms with van der Waals surface area (Å²) in [5, 5.41) is 2.90. The molecule has 0 radical (unpaired) electrons. The average molecular weight is 586 g/mol. The van der Waals surface area contributed by atoms with Crippen LogP contribution in [0.3, 0.4) is 0 Å². The summed E-state index contributed by atoms with van der Waals surface area (Å²) in [5.41, 5.74) is 3.05. The van der Waals surface area contributed by atoms with Gasteiger partial charge in [0.1, 0.15) is 11.5 Å². The van der Waals surface area contributed by atoms with Crippen molar-refractivity contribution in [2.45, 2.75) is 24.3 Å². The largest absolute Gasteiger partial charge is 0.484 e. The highest BCUT2D eigenvalue weighted by Gasteiger charge is 2.33. The molecule has 0 aromatic heterocycles. The SMILES string of the molecule is Cc1cccc(NS(=O)(=O)c2ccc(OCC(=O)N3C[C@H](C(=O)NCCc4ccccc4)Oc4ccccc43)cc2)c1. The Hall–Kier alpha value is -4.83. The highest BCUT2D eigenvalue weighted by Crippen LogP contribution is 2.33. The first-order chi connectivity index (χ1) is 20.3. The minimum absolute atomic E-state index is 0.0260. The molecule has 0 aliphatic carbocycles. The van der Waals surface area contributed by atoms with Gasteiger partial charge in [-0.05, 0) is 73.0 Å². The summed E-state index contributed by atoms with van der Waals surface area (Å²) in [6.45, 7) is 2.03. The number of ether oxygens (including phenoxy) is 2. The molecule has 0 unspecified atom stereocenters. The van der Waals surface area contributed by atoms with Gasteiger partial charge in [-0.3, -0.25) is 14.3 Å². The van der Waals surface area contributed by atoms with E-state index in [1.807, 2.05) is 43.3 Å². The van der Waals surface area contributed by atoms with Crippen molar-refractivity contribution < 1.29 is 27.5 Å². The van der Waals surface area contributed by atoms with Crippen LogP contribution in [-0.4, -0.2) is 46.0 Å². The predicted molar refractivity (Wildman–Crippen MR) is 160 cm³/mol. The fourth-order valence-corrected chi connectivity index (χ4v) is 5.61. The summed E-state index contributed by atoms with van der Waals surface area (Å²) < 4.78 is 39.7. The van der Waals surface area contributed by atoms with Gasteiger partial charge in [0.15, 0.2) is 12.7 Å². The van der Waals surface area contributed by atoms with Crippen molar-refractivity contribution >= 4 is 33.2 Å². The smallest absolute Gasteiger partial charge is 0.265 e. The van der Waals surface area contributed by atoms with Crippen LogP contribution in [0, 0.1) is 6.92 Å². The van der Waals surface area contributed by atoms with Crippen LogP contribution < -0.4 is 24.4 Å². The number of amides is 2. The summed E-state index contributed by atoms with van der Waals surface area (Å²) in [7, 11) is -3.80. The van der Waals surface area contributed by atoms with Crippen molar-refractivity contribution in [3.63, 3.8) is 0 Å². The number of anilines is 2. The second-order valence-electron chi connectivity index (χ2n) is 9.84. The molecule has 10 heteroatoms. The van der Waals surface area contributed by atoms with Crippen molar-refractivity contribution in [2.24, 2.45) is 0 Å². The third-order valence-corrected chi connectivity index (χ3v) is 8.09. The van der Waals surface area contributed by atoms with Gasteiger partial charge in [-0.2, -0.15) is 0 Å². The lowest BCUT2D eigenvalue weighted by Gasteiger charge is -2.34. The summed E-state index contributed by atoms with van der Waals surface area (Å²) in [6.07, 6.45) is -0.209. The number of benzene rings is 4. The molecule has 1 atom stereocenters. The maximum atomic E-state index is 13.3. The zero-order chi connectivity index (χ0) is 29.5. The first-order valence-corrected chi connectivity index (χ1v) is 15.0. The summed E-state index contributed by atoms with van der Waals surface area (Å²) in [4.78, 5) is 27.7. The first-order valence-electron chi connectivity index (χ1n) is 13.5. The molecule has 0 bridgehead atoms. The summed E-state index contributed by atoms with van der Waals surface area (Å²) >= 11 is 0. The number of carbonyl (C=O) groups is 2. The number of fused-ring (bicyclic) bond motifs is 1. The number of sulfonamides is 1. The number of aryl methyl sites for hydroxylation is 1. The number of hydrogen-bond donors (Lipinski definition) is 2. The lowest BCUT2D eigenvalue weighted by Crippen LogP contribution is -2.52. The standard InChI is InChI=1S/C32H31N3O6S/c1-23-8-7-11-25(20-23)34-42(38,39)27-16-14-26(15-17-27)40-22-31(36)35-21-30(41-29-13-6-5-12-28(29)35)32(37)33-19-18-24-9-3-2-4-10-24/h2-17,20,30,34H,18-19,21-22H2,1H3,(H,33,37)/t30-/m1/s1. The molecule has 4 aromatic rings. The zero-order valence-electron chi connectivity index (χ0n) is 23.0. The number of hydrogen-bond acceptors (Lipinski definition) is 6. The van der Waals surface area contributed by atoms with Gasteiger partial charge in [0.2, 0.25) is 0 Å². The number of carbonyl (C=O) groups excluding carboxylic acids is 2. The summed E-state index contributed by atoms with van der Waals surface area (Å²) in [5.74, 6) is 0.0754. The van der Waals surface area contributed by atoms with E-state index in [4.69, 9.17) is 9.47 Å². The highest BCUT2D eigenvalue weighted by atomic mass is 32.2. The predicted octanol–water partition coefficient (Wildman–Crippen LogP) is 4.33. The van der Waals surface area contributed by atoms with Crippen LogP contribution in [0.5, 0.6) is 11.5 Å². The Morgan fingerprint density at radius 3 is 2.43 bits per heavy atom. The van der Waals surface area contributed by atoms with Gasteiger partial charge in [-0.25, -0.2) is 8.42 Å². The van der Waals surface area contributed by atoms with E-state index in [-0.39, 0.29) is 29.9 Å². The van der Waals surface area contributed by atoms with E-state index in [1.54, 1.807) is 42.5 Å². The van der Waals surface area contributed by atoms with E-state index >= 15 is 0 Å². The van der Waals surface area contributed by atoms with Crippen molar-refractivity contribution in [1.29, 1.82) is 0 Å². The van der Waals surface area contributed by atoms with Gasteiger partial charge < -0.3 is 19.7 Å². The Labute approximate surface area is 245 Å². The molecule has 9 nitrogen and oxygen atoms in total. The molecule has 0 fully saturated rings. The molecule has 42 heavy (non-hydrogen) atoms. The molecule has 0 saturated heterocycles. The Morgan fingerprint density at radius 1 is 0.929 bits per heavy atom. The topological polar surface area (TPSA) is 114 Å². The fraction of sp³-hybridized carbons (Fsp3) is 0.188. The van der Waals surface area contributed by atoms with Crippen LogP contribution in [0.25, 0.3) is 0 Å². The molecule has 0 spiro atoms. The second kappa shape index (κ2) is 12.8. The quantitative estimate of drug-likeness (QED) is 0.287. The number of nitrogens with one attached hydrogen (secondary N) is 2. The molecule has 216 valence electrons. The zero-order valence-corrected chi connectivity index (χ0v) is 23.8. The van der Waals surface area contributed by atoms with Crippen LogP contribution in [0.4, 0.5) is 11.4 Å². The van der Waals surface area contributed by atoms with Gasteiger partial charge in [0.05, 0.1) is 17.1 Å². The maximum absolute atomic E-state index is 13.3. The minimum Gasteiger partial charge on any atom is -0.484 e. The maximum Gasteiger partial charge on any atom is 0.265 e. The van der Waals surface area contributed by atoms with Crippen LogP contribution in [0.2, 0.25) is 0 Å². The molecule has 0 saturated carbocycles. The third kappa shape index (κ3) is 7.08. The van der Waals surface area contributed by atoms with E-state index in [1.165, 1.54) is 29.2 Å². The Bertz CT molecular complexity index is 1660. The highest BCUT2D eigenvalue weighted by molar-refractivity contribution is 7.92. The van der Waals surface area contributed by atoms with Gasteiger partial charge in [0.25, 0.3) is 21.8 Å². The van der Waals surface area contributed by atoms with Crippen molar-refractivity contribution in [3.05, 3.63) is 114 Å². The normalized spacial score (nSPS) is 14.3. The van der Waals surface area contributed by atoms with Crippen LogP contribution in [0.1, 0.15) is 11.1 Å². The number of para-hydroxylation sites is 2. The number of nitrogens with zero attached hydrogens (tertiary/aromatic N) is 1. The van der Waals surface area contributed by atoms with Crippen molar-refractivity contribution in [3.8, 4) is 11.5 Å². The lowest BCUT2D eigenvalue weighted by atomic mass is 10.1. The van der Waals surface area contributed by atoms with Crippen molar-refractivity contribution in [1.82, 2.24) is 5.32 Å². The first kappa shape index (κ1) is 28.7. The van der Waals surface area contributed by atoms with Crippen LogP contribution in [0.15, 0.2) is 108 Å². The molecule has 4 aromatic carbocycles. The third-order valence-electron chi connectivity index (χ3n) is 6.69. The number of rotatable bonds is 10. The van der Waals surface area contributed by atoms with Crippen LogP contribution in [-0.2, 0) is 26.0 Å². The minimum atomic E-state index is -3.80. The fourth-order valence-electron chi connectivity index (χ4n) is 4.56. The molecule has 2 N–H and O–H groups in total. The van der Waals surface area contributed by atoms with Crippen molar-refractivity contribution in [2.75, 3.05) is 29.3 Å². The Balaban J connectivity index is 1.20. The van der Waals surface area contributed by atoms with E-state index < -0.39 is 16.1 Å². The van der Waals surface area contributed by atoms with E-state index in [2.05, 4.69) is 10.0 Å². The second-order valence-corrected chi connectivity index (χ2v) is 11.5. The molecular weight excluding hydrogens is 554 g/mol. The molecule has 5 rings (SSSR count). The molecule has 1 heterocycles. The lowest BCUT2D eigenvalue weighted by molar-refractivity contribution is -0.128.